The number of aromatic nitrogens is 1. The minimum atomic E-state index is -4.43. The Labute approximate surface area is 206 Å². The van der Waals surface area contributed by atoms with Crippen molar-refractivity contribution < 1.29 is 28.2 Å². The molecule has 0 spiro atoms. The molecule has 1 aliphatic rings. The van der Waals surface area contributed by atoms with Gasteiger partial charge < -0.3 is 25.3 Å². The van der Waals surface area contributed by atoms with Crippen LogP contribution in [-0.2, 0) is 12.7 Å². The van der Waals surface area contributed by atoms with E-state index in [4.69, 9.17) is 0 Å². The Morgan fingerprint density at radius 3 is 2.53 bits per heavy atom. The molecule has 0 radical (unpaired) electrons. The summed E-state index contributed by atoms with van der Waals surface area (Å²) < 4.78 is 39.3. The highest BCUT2D eigenvalue weighted by atomic mass is 19.4. The monoisotopic (exact) mass is 500 g/mol. The van der Waals surface area contributed by atoms with Gasteiger partial charge in [0.2, 0.25) is 0 Å². The summed E-state index contributed by atoms with van der Waals surface area (Å²) in [6, 6.07) is 15.5. The van der Waals surface area contributed by atoms with E-state index in [1.807, 2.05) is 30.0 Å². The number of hydrogen-bond donors (Lipinski definition) is 3. The first-order chi connectivity index (χ1) is 17.2. The molecule has 2 heterocycles. The zero-order valence-corrected chi connectivity index (χ0v) is 19.7. The van der Waals surface area contributed by atoms with Crippen molar-refractivity contribution in [1.29, 1.82) is 0 Å². The van der Waals surface area contributed by atoms with Crippen molar-refractivity contribution in [3.8, 4) is 11.3 Å². The van der Waals surface area contributed by atoms with Crippen LogP contribution < -0.4 is 10.2 Å². The van der Waals surface area contributed by atoms with Crippen molar-refractivity contribution in [2.45, 2.75) is 25.7 Å². The molecule has 10 heteroatoms. The van der Waals surface area contributed by atoms with Gasteiger partial charge in [-0.3, -0.25) is 0 Å². The molecule has 0 saturated heterocycles. The van der Waals surface area contributed by atoms with E-state index in [2.05, 4.69) is 10.3 Å². The number of anilines is 2. The van der Waals surface area contributed by atoms with Gasteiger partial charge in [-0.25, -0.2) is 9.78 Å². The molecule has 1 aromatic heterocycles. The average Bonchev–Trinajstić information content (AvgIpc) is 3.07. The van der Waals surface area contributed by atoms with Gasteiger partial charge in [0.15, 0.2) is 0 Å². The summed E-state index contributed by atoms with van der Waals surface area (Å²) in [5.41, 5.74) is 3.09. The fraction of sp³-hybridized carbons (Fsp3) is 0.308. The molecule has 7 nitrogen and oxygen atoms in total. The van der Waals surface area contributed by atoms with Crippen LogP contribution in [0.2, 0.25) is 0 Å². The van der Waals surface area contributed by atoms with Gasteiger partial charge in [-0.15, -0.1) is 0 Å². The molecule has 0 bridgehead atoms. The van der Waals surface area contributed by atoms with Crippen LogP contribution in [0.3, 0.4) is 0 Å². The molecule has 0 fully saturated rings. The standard InChI is InChI=1S/C26H27F3N4O3/c1-2-30-25(36)32-12-13-33(20-9-7-19(8-10-20)26(27,28)29)23-11-6-17(14-18(23)15-32)21-4-3-5-22(31-21)24(35)16-34/h3-11,14,24,34-35H,2,12-13,15-16H2,1H3,(H,30,36). The number of aliphatic hydroxyl groups is 2. The first-order valence-corrected chi connectivity index (χ1v) is 11.6. The van der Waals surface area contributed by atoms with E-state index < -0.39 is 24.5 Å². The van der Waals surface area contributed by atoms with Crippen molar-refractivity contribution >= 4 is 17.4 Å². The van der Waals surface area contributed by atoms with Crippen LogP contribution >= 0.6 is 0 Å². The Bertz CT molecular complexity index is 1220. The maximum Gasteiger partial charge on any atom is 0.416 e. The number of carbonyl (C=O) groups excluding carboxylic acids is 1. The number of fused-ring (bicyclic) bond motifs is 1. The van der Waals surface area contributed by atoms with E-state index in [0.29, 0.717) is 43.3 Å². The molecule has 2 aromatic carbocycles. The van der Waals surface area contributed by atoms with Crippen LogP contribution in [0.4, 0.5) is 29.3 Å². The molecular formula is C26H27F3N4O3. The number of halogens is 3. The van der Waals surface area contributed by atoms with E-state index in [1.165, 1.54) is 12.1 Å². The number of pyridine rings is 1. The molecular weight excluding hydrogens is 473 g/mol. The predicted octanol–water partition coefficient (Wildman–Crippen LogP) is 4.48. The second-order valence-corrected chi connectivity index (χ2v) is 8.44. The van der Waals surface area contributed by atoms with Crippen molar-refractivity contribution in [2.75, 3.05) is 31.1 Å². The first-order valence-electron chi connectivity index (χ1n) is 11.6. The molecule has 1 aliphatic heterocycles. The third-order valence-corrected chi connectivity index (χ3v) is 6.03. The van der Waals surface area contributed by atoms with Gasteiger partial charge in [-0.05, 0) is 61.0 Å². The predicted molar refractivity (Wildman–Crippen MR) is 130 cm³/mol. The largest absolute Gasteiger partial charge is 0.416 e. The van der Waals surface area contributed by atoms with E-state index in [0.717, 1.165) is 28.9 Å². The SMILES string of the molecule is CCNC(=O)N1CCN(c2ccc(C(F)(F)F)cc2)c2ccc(-c3cccc(C(O)CO)n3)cc2C1. The summed E-state index contributed by atoms with van der Waals surface area (Å²) in [6.45, 7) is 2.90. The van der Waals surface area contributed by atoms with Gasteiger partial charge in [0, 0.05) is 43.1 Å². The zero-order chi connectivity index (χ0) is 25.9. The minimum Gasteiger partial charge on any atom is -0.393 e. The van der Waals surface area contributed by atoms with Gasteiger partial charge in [0.25, 0.3) is 0 Å². The fourth-order valence-corrected chi connectivity index (χ4v) is 4.19. The summed E-state index contributed by atoms with van der Waals surface area (Å²) in [5.74, 6) is 0. The molecule has 0 aliphatic carbocycles. The Hall–Kier alpha value is -3.63. The molecule has 36 heavy (non-hydrogen) atoms. The van der Waals surface area contributed by atoms with Crippen LogP contribution in [0.1, 0.15) is 29.8 Å². The lowest BCUT2D eigenvalue weighted by Crippen LogP contribution is -2.41. The van der Waals surface area contributed by atoms with Crippen LogP contribution in [0, 0.1) is 0 Å². The summed E-state index contributed by atoms with van der Waals surface area (Å²) in [5, 5.41) is 22.0. The summed E-state index contributed by atoms with van der Waals surface area (Å²) in [6.07, 6.45) is -5.53. The van der Waals surface area contributed by atoms with E-state index in [-0.39, 0.29) is 6.03 Å². The number of benzene rings is 2. The second kappa shape index (κ2) is 10.5. The summed E-state index contributed by atoms with van der Waals surface area (Å²) in [7, 11) is 0. The topological polar surface area (TPSA) is 88.9 Å². The quantitative estimate of drug-likeness (QED) is 0.481. The Kier molecular flexibility index (Phi) is 7.46. The van der Waals surface area contributed by atoms with E-state index in [1.54, 1.807) is 23.1 Å². The van der Waals surface area contributed by atoms with Gasteiger partial charge in [0.1, 0.15) is 6.10 Å². The van der Waals surface area contributed by atoms with E-state index >= 15 is 0 Å². The maximum atomic E-state index is 13.1. The molecule has 2 amide bonds. The number of hydrogen-bond acceptors (Lipinski definition) is 5. The van der Waals surface area contributed by atoms with Crippen LogP contribution in [0.5, 0.6) is 0 Å². The molecule has 190 valence electrons. The number of amides is 2. The highest BCUT2D eigenvalue weighted by Crippen LogP contribution is 2.36. The number of nitrogens with zero attached hydrogens (tertiary/aromatic N) is 3. The first kappa shape index (κ1) is 25.5. The van der Waals surface area contributed by atoms with Crippen molar-refractivity contribution in [2.24, 2.45) is 0 Å². The highest BCUT2D eigenvalue weighted by Gasteiger charge is 2.31. The number of rotatable bonds is 5. The number of alkyl halides is 3. The van der Waals surface area contributed by atoms with Gasteiger partial charge in [0.05, 0.1) is 23.6 Å². The number of carbonyl (C=O) groups is 1. The van der Waals surface area contributed by atoms with Crippen molar-refractivity contribution in [3.63, 3.8) is 0 Å². The number of aliphatic hydroxyl groups excluding tert-OH is 2. The smallest absolute Gasteiger partial charge is 0.393 e. The lowest BCUT2D eigenvalue weighted by atomic mass is 10.0. The number of nitrogens with one attached hydrogen (secondary N) is 1. The van der Waals surface area contributed by atoms with Crippen LogP contribution in [0.15, 0.2) is 60.7 Å². The van der Waals surface area contributed by atoms with Gasteiger partial charge >= 0.3 is 12.2 Å². The fourth-order valence-electron chi connectivity index (χ4n) is 4.19. The zero-order valence-electron chi connectivity index (χ0n) is 19.7. The Morgan fingerprint density at radius 2 is 1.86 bits per heavy atom. The highest BCUT2D eigenvalue weighted by molar-refractivity contribution is 5.77. The maximum absolute atomic E-state index is 13.1. The molecule has 1 atom stereocenters. The lowest BCUT2D eigenvalue weighted by Gasteiger charge is -2.25. The molecule has 3 aromatic rings. The van der Waals surface area contributed by atoms with Crippen LogP contribution in [-0.4, -0.2) is 52.4 Å². The average molecular weight is 501 g/mol. The van der Waals surface area contributed by atoms with Crippen LogP contribution in [0.25, 0.3) is 11.3 Å². The lowest BCUT2D eigenvalue weighted by molar-refractivity contribution is -0.137. The number of urea groups is 1. The Balaban J connectivity index is 1.75. The molecule has 1 unspecified atom stereocenters. The van der Waals surface area contributed by atoms with Crippen molar-refractivity contribution in [3.05, 3.63) is 77.5 Å². The summed E-state index contributed by atoms with van der Waals surface area (Å²) >= 11 is 0. The van der Waals surface area contributed by atoms with Gasteiger partial charge in [-0.2, -0.15) is 13.2 Å². The van der Waals surface area contributed by atoms with Crippen molar-refractivity contribution in [1.82, 2.24) is 15.2 Å². The second-order valence-electron chi connectivity index (χ2n) is 8.44. The molecule has 3 N–H and O–H groups in total. The van der Waals surface area contributed by atoms with E-state index in [9.17, 15) is 28.2 Å². The van der Waals surface area contributed by atoms with Gasteiger partial charge in [-0.1, -0.05) is 12.1 Å². The Morgan fingerprint density at radius 1 is 1.11 bits per heavy atom. The normalized spacial score (nSPS) is 14.7. The summed E-state index contributed by atoms with van der Waals surface area (Å²) in [4.78, 5) is 20.7. The third-order valence-electron chi connectivity index (χ3n) is 6.03. The molecule has 0 saturated carbocycles. The third kappa shape index (κ3) is 5.44. The molecule has 4 rings (SSSR count). The minimum absolute atomic E-state index is 0.227.